The Bertz CT molecular complexity index is 738. The van der Waals surface area contributed by atoms with Crippen molar-refractivity contribution in [2.24, 2.45) is 5.41 Å². The van der Waals surface area contributed by atoms with E-state index in [9.17, 15) is 9.59 Å². The molecule has 0 radical (unpaired) electrons. The number of rotatable bonds is 4. The first kappa shape index (κ1) is 17.4. The molecule has 0 amide bonds. The first-order valence-electron chi connectivity index (χ1n) is 8.87. The zero-order valence-corrected chi connectivity index (χ0v) is 14.8. The second kappa shape index (κ2) is 7.22. The summed E-state index contributed by atoms with van der Waals surface area (Å²) in [6, 6.07) is 20.0. The van der Waals surface area contributed by atoms with Crippen LogP contribution in [-0.4, -0.2) is 18.4 Å². The van der Waals surface area contributed by atoms with E-state index in [2.05, 4.69) is 12.1 Å². The normalized spacial score (nSPS) is 26.2. The minimum Gasteiger partial charge on any atom is -0.465 e. The minimum atomic E-state index is -1.12. The van der Waals surface area contributed by atoms with Crippen molar-refractivity contribution in [1.29, 1.82) is 0 Å². The Kier molecular flexibility index (Phi) is 5.03. The lowest BCUT2D eigenvalue weighted by Gasteiger charge is -2.41. The molecule has 3 rings (SSSR count). The van der Waals surface area contributed by atoms with E-state index in [-0.39, 0.29) is 24.2 Å². The molecule has 0 aliphatic heterocycles. The highest BCUT2D eigenvalue weighted by Gasteiger charge is 2.53. The lowest BCUT2D eigenvalue weighted by atomic mass is 9.60. The predicted molar refractivity (Wildman–Crippen MR) is 97.3 cm³/mol. The van der Waals surface area contributed by atoms with Crippen LogP contribution >= 0.6 is 0 Å². The van der Waals surface area contributed by atoms with Gasteiger partial charge in [0.2, 0.25) is 0 Å². The van der Waals surface area contributed by atoms with Crippen molar-refractivity contribution >= 4 is 11.8 Å². The summed E-state index contributed by atoms with van der Waals surface area (Å²) in [5, 5.41) is 0. The predicted octanol–water partition coefficient (Wildman–Crippen LogP) is 4.49. The van der Waals surface area contributed by atoms with Crippen molar-refractivity contribution < 1.29 is 14.3 Å². The van der Waals surface area contributed by atoms with Crippen LogP contribution in [0.15, 0.2) is 60.7 Å². The third-order valence-corrected chi connectivity index (χ3v) is 5.40. The van der Waals surface area contributed by atoms with Crippen molar-refractivity contribution in [3.05, 3.63) is 71.8 Å². The van der Waals surface area contributed by atoms with E-state index >= 15 is 0 Å². The highest BCUT2D eigenvalue weighted by molar-refractivity contribution is 6.05. The maximum Gasteiger partial charge on any atom is 0.319 e. The summed E-state index contributed by atoms with van der Waals surface area (Å²) < 4.78 is 5.29. The number of carbonyl (C=O) groups excluding carboxylic acids is 2. The molecular weight excluding hydrogens is 312 g/mol. The van der Waals surface area contributed by atoms with Crippen LogP contribution in [0.1, 0.15) is 49.7 Å². The molecule has 0 unspecified atom stereocenters. The van der Waals surface area contributed by atoms with Gasteiger partial charge >= 0.3 is 5.97 Å². The van der Waals surface area contributed by atoms with E-state index in [1.54, 1.807) is 13.8 Å². The van der Waals surface area contributed by atoms with Gasteiger partial charge in [0.25, 0.3) is 0 Å². The number of benzene rings is 2. The maximum absolute atomic E-state index is 13.1. The highest BCUT2D eigenvalue weighted by atomic mass is 16.5. The Hall–Kier alpha value is -2.42. The van der Waals surface area contributed by atoms with Crippen molar-refractivity contribution in [3.8, 4) is 0 Å². The van der Waals surface area contributed by atoms with Crippen LogP contribution in [0.4, 0.5) is 0 Å². The molecule has 0 heterocycles. The zero-order chi connectivity index (χ0) is 17.9. The SMILES string of the molecule is CCOC(=O)[C@@]1(C)C(=O)C[C@@H](c2ccccc2)C[C@H]1c1ccccc1. The average Bonchev–Trinajstić information content (AvgIpc) is 2.65. The van der Waals surface area contributed by atoms with E-state index in [0.29, 0.717) is 6.42 Å². The van der Waals surface area contributed by atoms with Crippen LogP contribution < -0.4 is 0 Å². The van der Waals surface area contributed by atoms with Crippen LogP contribution in [0.3, 0.4) is 0 Å². The highest BCUT2D eigenvalue weighted by Crippen LogP contribution is 2.50. The number of ketones is 1. The molecule has 3 heteroatoms. The molecule has 2 aromatic rings. The summed E-state index contributed by atoms with van der Waals surface area (Å²) in [6.07, 6.45) is 1.14. The average molecular weight is 336 g/mol. The molecule has 1 saturated carbocycles. The first-order valence-corrected chi connectivity index (χ1v) is 8.87. The molecule has 25 heavy (non-hydrogen) atoms. The van der Waals surface area contributed by atoms with Gasteiger partial charge in [-0.25, -0.2) is 0 Å². The molecule has 0 N–H and O–H groups in total. The Balaban J connectivity index is 2.02. The Morgan fingerprint density at radius 1 is 1.04 bits per heavy atom. The molecule has 1 aliphatic carbocycles. The van der Waals surface area contributed by atoms with Crippen molar-refractivity contribution in [3.63, 3.8) is 0 Å². The van der Waals surface area contributed by atoms with Crippen LogP contribution in [0, 0.1) is 5.41 Å². The van der Waals surface area contributed by atoms with Gasteiger partial charge in [-0.05, 0) is 37.3 Å². The van der Waals surface area contributed by atoms with E-state index in [1.165, 1.54) is 0 Å². The smallest absolute Gasteiger partial charge is 0.319 e. The molecule has 3 nitrogen and oxygen atoms in total. The van der Waals surface area contributed by atoms with Gasteiger partial charge in [-0.15, -0.1) is 0 Å². The number of hydrogen-bond donors (Lipinski definition) is 0. The van der Waals surface area contributed by atoms with Gasteiger partial charge in [-0.3, -0.25) is 9.59 Å². The quantitative estimate of drug-likeness (QED) is 0.610. The summed E-state index contributed by atoms with van der Waals surface area (Å²) >= 11 is 0. The van der Waals surface area contributed by atoms with Crippen molar-refractivity contribution in [2.75, 3.05) is 6.61 Å². The van der Waals surface area contributed by atoms with E-state index in [4.69, 9.17) is 4.74 Å². The summed E-state index contributed by atoms with van der Waals surface area (Å²) in [6.45, 7) is 3.82. The van der Waals surface area contributed by atoms with Crippen LogP contribution in [0.2, 0.25) is 0 Å². The molecule has 2 aromatic carbocycles. The van der Waals surface area contributed by atoms with Gasteiger partial charge < -0.3 is 4.74 Å². The summed E-state index contributed by atoms with van der Waals surface area (Å²) in [4.78, 5) is 25.8. The van der Waals surface area contributed by atoms with E-state index in [0.717, 1.165) is 17.5 Å². The van der Waals surface area contributed by atoms with Gasteiger partial charge in [0, 0.05) is 12.3 Å². The number of carbonyl (C=O) groups is 2. The summed E-state index contributed by atoms with van der Waals surface area (Å²) in [7, 11) is 0. The van der Waals surface area contributed by atoms with Gasteiger partial charge in [0.15, 0.2) is 5.78 Å². The Morgan fingerprint density at radius 2 is 1.60 bits per heavy atom. The molecule has 3 atom stereocenters. The molecule has 0 spiro atoms. The Morgan fingerprint density at radius 3 is 2.16 bits per heavy atom. The second-order valence-corrected chi connectivity index (χ2v) is 6.86. The fourth-order valence-electron chi connectivity index (χ4n) is 3.90. The molecule has 1 fully saturated rings. The first-order chi connectivity index (χ1) is 12.1. The third-order valence-electron chi connectivity index (χ3n) is 5.40. The van der Waals surface area contributed by atoms with Gasteiger partial charge in [-0.1, -0.05) is 60.7 Å². The lowest BCUT2D eigenvalue weighted by molar-refractivity contribution is -0.162. The molecule has 1 aliphatic rings. The number of esters is 1. The van der Waals surface area contributed by atoms with Gasteiger partial charge in [0.05, 0.1) is 6.61 Å². The number of Topliss-reactive ketones (excluding diaryl/α,β-unsaturated/α-hetero) is 1. The van der Waals surface area contributed by atoms with Crippen LogP contribution in [-0.2, 0) is 14.3 Å². The summed E-state index contributed by atoms with van der Waals surface area (Å²) in [5.41, 5.74) is 1.05. The molecule has 0 aromatic heterocycles. The second-order valence-electron chi connectivity index (χ2n) is 6.86. The largest absolute Gasteiger partial charge is 0.465 e. The van der Waals surface area contributed by atoms with E-state index in [1.807, 2.05) is 48.5 Å². The number of hydrogen-bond acceptors (Lipinski definition) is 3. The topological polar surface area (TPSA) is 43.4 Å². The maximum atomic E-state index is 13.1. The molecule has 0 bridgehead atoms. The molecular formula is C22H24O3. The molecule has 0 saturated heterocycles. The van der Waals surface area contributed by atoms with Gasteiger partial charge in [-0.2, -0.15) is 0 Å². The monoisotopic (exact) mass is 336 g/mol. The van der Waals surface area contributed by atoms with E-state index < -0.39 is 11.4 Å². The van der Waals surface area contributed by atoms with Gasteiger partial charge in [0.1, 0.15) is 5.41 Å². The Labute approximate surface area is 149 Å². The fourth-order valence-corrected chi connectivity index (χ4v) is 3.90. The van der Waals surface area contributed by atoms with Crippen molar-refractivity contribution in [1.82, 2.24) is 0 Å². The van der Waals surface area contributed by atoms with Crippen LogP contribution in [0.25, 0.3) is 0 Å². The zero-order valence-electron chi connectivity index (χ0n) is 14.8. The summed E-state index contributed by atoms with van der Waals surface area (Å²) in [5.74, 6) is -0.485. The fraction of sp³-hybridized carbons (Fsp3) is 0.364. The minimum absolute atomic E-state index is 0.0279. The lowest BCUT2D eigenvalue weighted by Crippen LogP contribution is -2.47. The molecule has 130 valence electrons. The van der Waals surface area contributed by atoms with Crippen LogP contribution in [0.5, 0.6) is 0 Å². The number of ether oxygens (including phenoxy) is 1. The standard InChI is InChI=1S/C22H24O3/c1-3-25-21(24)22(2)19(17-12-8-5-9-13-17)14-18(15-20(22)23)16-10-6-4-7-11-16/h4-13,18-19H,3,14-15H2,1-2H3/t18-,19-,22+/m0/s1. The third kappa shape index (κ3) is 3.23. The van der Waals surface area contributed by atoms with Crippen molar-refractivity contribution in [2.45, 2.75) is 38.5 Å².